The van der Waals surface area contributed by atoms with E-state index in [9.17, 15) is 18.0 Å². The van der Waals surface area contributed by atoms with Crippen molar-refractivity contribution in [3.05, 3.63) is 61.8 Å². The zero-order valence-electron chi connectivity index (χ0n) is 11.0. The van der Waals surface area contributed by atoms with E-state index in [-0.39, 0.29) is 28.4 Å². The minimum absolute atomic E-state index is 0. The maximum absolute atomic E-state index is 11.4. The van der Waals surface area contributed by atoms with Crippen LogP contribution in [0.4, 0.5) is 0 Å². The Bertz CT molecular complexity index is 795. The van der Waals surface area contributed by atoms with E-state index in [1.54, 1.807) is 4.91 Å². The summed E-state index contributed by atoms with van der Waals surface area (Å²) >= 11 is 0. The van der Waals surface area contributed by atoms with Gasteiger partial charge in [0.05, 0.1) is 0 Å². The number of benzene rings is 1. The Morgan fingerprint density at radius 3 is 2.00 bits per heavy atom. The molecule has 2 rings (SSSR count). The van der Waals surface area contributed by atoms with E-state index in [4.69, 9.17) is 26.7 Å². The van der Waals surface area contributed by atoms with Gasteiger partial charge >= 0.3 is 0 Å². The Labute approximate surface area is 135 Å². The first-order valence-corrected chi connectivity index (χ1v) is 6.55. The molecule has 0 saturated carbocycles. The molecule has 23 heavy (non-hydrogen) atoms. The van der Waals surface area contributed by atoms with Crippen molar-refractivity contribution in [3.8, 4) is 0 Å². The molecule has 0 atom stereocenters. The van der Waals surface area contributed by atoms with E-state index < -0.39 is 21.7 Å². The second-order valence-electron chi connectivity index (χ2n) is 3.41. The molecule has 0 saturated heterocycles. The normalized spacial score (nSPS) is 11.2. The van der Waals surface area contributed by atoms with Crippen LogP contribution in [0.1, 0.15) is 15.9 Å². The van der Waals surface area contributed by atoms with Crippen molar-refractivity contribution < 1.29 is 22.6 Å². The van der Waals surface area contributed by atoms with Crippen molar-refractivity contribution in [2.24, 2.45) is 0 Å². The van der Waals surface area contributed by atoms with Crippen LogP contribution in [0, 0.1) is 5.53 Å². The number of hydrogen-bond acceptors (Lipinski definition) is 5. The fourth-order valence-electron chi connectivity index (χ4n) is 1.51. The zero-order chi connectivity index (χ0) is 17.3. The fraction of sp³-hybridized carbons (Fsp3) is 0. The minimum Gasteiger partial charge on any atom is -0.373 e. The van der Waals surface area contributed by atoms with Crippen LogP contribution in [0.5, 0.6) is 0 Å². The highest BCUT2D eigenvalue weighted by atomic mass is 35.5. The molecule has 0 aromatic heterocycles. The lowest BCUT2D eigenvalue weighted by molar-refractivity contribution is -0.110. The van der Waals surface area contributed by atoms with Crippen LogP contribution in [0.25, 0.3) is 32.5 Å². The SMILES string of the molecule is Cl.O=C1C=Cc2c(cccc2S(=O)(=O)O)C1=O.[N-]=[N+]=N.[N-]=[N+]=[N-]. The third-order valence-corrected chi connectivity index (χ3v) is 3.13. The number of nitrogens with zero attached hydrogens (tertiary/aromatic N) is 5. The molecule has 0 spiro atoms. The van der Waals surface area contributed by atoms with E-state index in [2.05, 4.69) is 0 Å². The molecular weight excluding hydrogens is 352 g/mol. The fourth-order valence-corrected chi connectivity index (χ4v) is 2.21. The van der Waals surface area contributed by atoms with Gasteiger partial charge in [-0.3, -0.25) is 19.1 Å². The number of carbonyl (C=O) groups excluding carboxylic acids is 2. The van der Waals surface area contributed by atoms with Crippen LogP contribution in [0.2, 0.25) is 0 Å². The lowest BCUT2D eigenvalue weighted by Gasteiger charge is -2.10. The Morgan fingerprint density at radius 2 is 1.57 bits per heavy atom. The van der Waals surface area contributed by atoms with Gasteiger partial charge in [-0.05, 0) is 28.7 Å². The van der Waals surface area contributed by atoms with Crippen LogP contribution in [-0.2, 0) is 14.9 Å². The lowest BCUT2D eigenvalue weighted by atomic mass is 9.95. The average Bonchev–Trinajstić information content (AvgIpc) is 2.43. The standard InChI is InChI=1S/C10H6O5S.ClH.HN3.N3/c11-8-5-4-6-7(10(8)12)2-1-3-9(6)16(13,14)15;;2*1-3-2/h1-5H,(H,13,14,15);1H;1H;/q;;;-1. The van der Waals surface area contributed by atoms with E-state index >= 15 is 0 Å². The van der Waals surface area contributed by atoms with Crippen LogP contribution >= 0.6 is 12.4 Å². The average molecular weight is 360 g/mol. The van der Waals surface area contributed by atoms with Gasteiger partial charge in [0.15, 0.2) is 0 Å². The number of Topliss-reactive ketones (excluding diaryl/α,β-unsaturated/α-hetero) is 1. The molecule has 0 heterocycles. The van der Waals surface area contributed by atoms with Gasteiger partial charge in [0.25, 0.3) is 10.1 Å². The van der Waals surface area contributed by atoms with Crippen LogP contribution in [0.15, 0.2) is 29.2 Å². The number of carbonyl (C=O) groups is 2. The first kappa shape index (κ1) is 22.4. The summed E-state index contributed by atoms with van der Waals surface area (Å²) in [6, 6.07) is 3.81. The van der Waals surface area contributed by atoms with E-state index in [0.29, 0.717) is 0 Å². The molecule has 1 aromatic rings. The second kappa shape index (κ2) is 9.95. The van der Waals surface area contributed by atoms with Gasteiger partial charge in [0.2, 0.25) is 11.6 Å². The van der Waals surface area contributed by atoms with E-state index in [0.717, 1.165) is 6.08 Å². The van der Waals surface area contributed by atoms with Gasteiger partial charge in [-0.1, -0.05) is 12.1 Å². The molecule has 1 aliphatic carbocycles. The van der Waals surface area contributed by atoms with Crippen LogP contribution in [-0.4, -0.2) is 24.5 Å². The highest BCUT2D eigenvalue weighted by Gasteiger charge is 2.25. The predicted molar refractivity (Wildman–Crippen MR) is 81.4 cm³/mol. The second-order valence-corrected chi connectivity index (χ2v) is 4.80. The van der Waals surface area contributed by atoms with Crippen molar-refractivity contribution >= 4 is 40.2 Å². The van der Waals surface area contributed by atoms with Gasteiger partial charge in [-0.15, -0.1) is 17.9 Å². The molecular formula is C10H8ClN6O5S-. The molecule has 122 valence electrons. The third-order valence-electron chi connectivity index (χ3n) is 2.21. The summed E-state index contributed by atoms with van der Waals surface area (Å²) in [6.07, 6.45) is 2.20. The number of fused-ring (bicyclic) bond motifs is 1. The molecule has 11 nitrogen and oxygen atoms in total. The molecule has 13 heteroatoms. The number of ketones is 2. The Hall–Kier alpha value is -2.88. The van der Waals surface area contributed by atoms with Gasteiger partial charge in [0, 0.05) is 11.1 Å². The Balaban J connectivity index is 0. The van der Waals surface area contributed by atoms with Crippen molar-refractivity contribution in [3.63, 3.8) is 0 Å². The summed E-state index contributed by atoms with van der Waals surface area (Å²) in [6.45, 7) is 0. The van der Waals surface area contributed by atoms with Gasteiger partial charge < -0.3 is 11.1 Å². The molecule has 0 fully saturated rings. The van der Waals surface area contributed by atoms with Crippen molar-refractivity contribution in [2.45, 2.75) is 4.90 Å². The first-order valence-electron chi connectivity index (χ1n) is 5.11. The quantitative estimate of drug-likeness (QED) is 0.254. The highest BCUT2D eigenvalue weighted by molar-refractivity contribution is 7.86. The molecule has 1 aromatic carbocycles. The maximum atomic E-state index is 11.4. The van der Waals surface area contributed by atoms with Crippen molar-refractivity contribution in [1.29, 1.82) is 5.53 Å². The maximum Gasteiger partial charge on any atom is 0.295 e. The number of rotatable bonds is 1. The van der Waals surface area contributed by atoms with Crippen LogP contribution < -0.4 is 0 Å². The number of nitrogens with one attached hydrogen (secondary N) is 1. The molecule has 1 aliphatic rings. The topological polar surface area (TPSA) is 207 Å². The monoisotopic (exact) mass is 359 g/mol. The summed E-state index contributed by atoms with van der Waals surface area (Å²) < 4.78 is 31.0. The molecule has 0 amide bonds. The van der Waals surface area contributed by atoms with E-state index in [1.165, 1.54) is 29.2 Å². The number of allylic oxidation sites excluding steroid dienone is 1. The lowest BCUT2D eigenvalue weighted by Crippen LogP contribution is -2.18. The third kappa shape index (κ3) is 6.18. The molecule has 0 aliphatic heterocycles. The summed E-state index contributed by atoms with van der Waals surface area (Å²) in [7, 11) is -4.40. The minimum atomic E-state index is -4.40. The Morgan fingerprint density at radius 1 is 1.09 bits per heavy atom. The van der Waals surface area contributed by atoms with Crippen LogP contribution in [0.3, 0.4) is 0 Å². The largest absolute Gasteiger partial charge is 0.373 e. The smallest absolute Gasteiger partial charge is 0.295 e. The summed E-state index contributed by atoms with van der Waals surface area (Å²) in [4.78, 5) is 25.4. The number of hydrogen-bond donors (Lipinski definition) is 2. The summed E-state index contributed by atoms with van der Waals surface area (Å²) in [5.74, 6) is -1.48. The number of halogens is 1. The molecule has 0 radical (unpaired) electrons. The predicted octanol–water partition coefficient (Wildman–Crippen LogP) is 2.88. The molecule has 2 N–H and O–H groups in total. The molecule has 0 unspecified atom stereocenters. The van der Waals surface area contributed by atoms with Crippen molar-refractivity contribution in [2.75, 3.05) is 0 Å². The van der Waals surface area contributed by atoms with Gasteiger partial charge in [0.1, 0.15) is 4.90 Å². The Kier molecular flexibility index (Phi) is 9.69. The van der Waals surface area contributed by atoms with E-state index in [1.807, 2.05) is 0 Å². The van der Waals surface area contributed by atoms with Gasteiger partial charge in [-0.25, -0.2) is 0 Å². The summed E-state index contributed by atoms with van der Waals surface area (Å²) in [5, 5.41) is 0. The zero-order valence-corrected chi connectivity index (χ0v) is 12.7. The first-order chi connectivity index (χ1) is 10.2. The summed E-state index contributed by atoms with van der Waals surface area (Å²) in [5.41, 5.74) is 25.8. The van der Waals surface area contributed by atoms with Crippen molar-refractivity contribution in [1.82, 2.24) is 0 Å². The molecule has 0 bridgehead atoms. The highest BCUT2D eigenvalue weighted by Crippen LogP contribution is 2.24. The van der Waals surface area contributed by atoms with Gasteiger partial charge in [-0.2, -0.15) is 8.42 Å².